The quantitative estimate of drug-likeness (QED) is 0.475. The van der Waals surface area contributed by atoms with Gasteiger partial charge >= 0.3 is 0 Å². The van der Waals surface area contributed by atoms with Crippen molar-refractivity contribution in [2.45, 2.75) is 6.92 Å². The molecule has 5 nitrogen and oxygen atoms in total. The lowest BCUT2D eigenvalue weighted by molar-refractivity contribution is -0.130. The van der Waals surface area contributed by atoms with Crippen LogP contribution in [0.2, 0.25) is 0 Å². The van der Waals surface area contributed by atoms with Crippen LogP contribution in [0.3, 0.4) is 0 Å². The van der Waals surface area contributed by atoms with Crippen molar-refractivity contribution in [3.05, 3.63) is 0 Å². The van der Waals surface area contributed by atoms with Gasteiger partial charge in [-0.15, -0.1) is 0 Å². The molecule has 0 aromatic rings. The summed E-state index contributed by atoms with van der Waals surface area (Å²) in [5.41, 5.74) is 0. The number of imide groups is 1. The van der Waals surface area contributed by atoms with Gasteiger partial charge in [0.1, 0.15) is 0 Å². The predicted molar refractivity (Wildman–Crippen MR) is 42.4 cm³/mol. The van der Waals surface area contributed by atoms with Gasteiger partial charge in [0.15, 0.2) is 0 Å². The number of fused-ring (bicyclic) bond motifs is 1. The van der Waals surface area contributed by atoms with Gasteiger partial charge in [-0.1, -0.05) is 0 Å². The van der Waals surface area contributed by atoms with Crippen LogP contribution in [0.25, 0.3) is 0 Å². The molecule has 0 aliphatic carbocycles. The Morgan fingerprint density at radius 2 is 1.77 bits per heavy atom. The number of nitrogens with zero attached hydrogens (tertiary/aromatic N) is 1. The number of likely N-dealkylation sites (tertiary alicyclic amines) is 1. The Balaban J connectivity index is 2.17. The summed E-state index contributed by atoms with van der Waals surface area (Å²) in [6.45, 7) is 2.22. The first kappa shape index (κ1) is 8.22. The Morgan fingerprint density at radius 3 is 2.15 bits per heavy atom. The van der Waals surface area contributed by atoms with Crippen LogP contribution in [0, 0.1) is 11.8 Å². The van der Waals surface area contributed by atoms with E-state index in [0.29, 0.717) is 13.1 Å². The van der Waals surface area contributed by atoms with E-state index in [9.17, 15) is 14.4 Å². The summed E-state index contributed by atoms with van der Waals surface area (Å²) in [6.07, 6.45) is 0. The van der Waals surface area contributed by atoms with Crippen molar-refractivity contribution in [1.82, 2.24) is 10.2 Å². The average Bonchev–Trinajstić information content (AvgIpc) is 2.55. The number of nitrogens with one attached hydrogen (secondary N) is 1. The Hall–Kier alpha value is -1.39. The number of hydrogen-bond donors (Lipinski definition) is 1. The molecule has 2 fully saturated rings. The fourth-order valence-electron chi connectivity index (χ4n) is 1.90. The van der Waals surface area contributed by atoms with Gasteiger partial charge < -0.3 is 4.90 Å². The van der Waals surface area contributed by atoms with Crippen molar-refractivity contribution in [1.29, 1.82) is 0 Å². The minimum atomic E-state index is -0.309. The second kappa shape index (κ2) is 2.55. The van der Waals surface area contributed by atoms with Gasteiger partial charge in [0.25, 0.3) is 0 Å². The van der Waals surface area contributed by atoms with Gasteiger partial charge in [-0.3, -0.25) is 19.7 Å². The normalized spacial score (nSPS) is 31.9. The molecule has 2 rings (SSSR count). The Kier molecular flexibility index (Phi) is 1.61. The molecule has 2 aliphatic heterocycles. The van der Waals surface area contributed by atoms with E-state index in [4.69, 9.17) is 0 Å². The number of rotatable bonds is 0. The molecule has 5 heteroatoms. The highest BCUT2D eigenvalue weighted by Crippen LogP contribution is 2.27. The van der Waals surface area contributed by atoms with Crippen LogP contribution in [-0.4, -0.2) is 35.7 Å². The van der Waals surface area contributed by atoms with E-state index in [-0.39, 0.29) is 29.6 Å². The van der Waals surface area contributed by atoms with Gasteiger partial charge in [-0.25, -0.2) is 0 Å². The first-order valence-electron chi connectivity index (χ1n) is 4.20. The molecule has 13 heavy (non-hydrogen) atoms. The Morgan fingerprint density at radius 1 is 1.31 bits per heavy atom. The number of carbonyl (C=O) groups is 3. The largest absolute Gasteiger partial charge is 0.341 e. The fourth-order valence-corrected chi connectivity index (χ4v) is 1.90. The van der Waals surface area contributed by atoms with Crippen molar-refractivity contribution in [2.24, 2.45) is 11.8 Å². The number of carbonyl (C=O) groups excluding carboxylic acids is 3. The van der Waals surface area contributed by atoms with Crippen molar-refractivity contribution in [2.75, 3.05) is 13.1 Å². The molecule has 2 saturated heterocycles. The molecular weight excluding hydrogens is 172 g/mol. The predicted octanol–water partition coefficient (Wildman–Crippen LogP) is -1.26. The van der Waals surface area contributed by atoms with Crippen LogP contribution in [0.5, 0.6) is 0 Å². The van der Waals surface area contributed by atoms with Gasteiger partial charge in [0.05, 0.1) is 11.8 Å². The molecule has 0 aromatic carbocycles. The molecule has 0 aromatic heterocycles. The molecule has 0 unspecified atom stereocenters. The van der Waals surface area contributed by atoms with E-state index in [2.05, 4.69) is 5.32 Å². The van der Waals surface area contributed by atoms with Gasteiger partial charge in [0.2, 0.25) is 17.7 Å². The smallest absolute Gasteiger partial charge is 0.232 e. The SMILES string of the molecule is CC(=O)N1C[C@@H]2C(=O)NC(=O)[C@@H]2C1. The van der Waals surface area contributed by atoms with E-state index in [1.54, 1.807) is 4.90 Å². The van der Waals surface area contributed by atoms with Gasteiger partial charge in [-0.05, 0) is 0 Å². The first-order valence-corrected chi connectivity index (χ1v) is 4.20. The maximum absolute atomic E-state index is 11.2. The molecule has 0 saturated carbocycles. The first-order chi connectivity index (χ1) is 6.09. The number of amides is 3. The van der Waals surface area contributed by atoms with Gasteiger partial charge in [-0.2, -0.15) is 0 Å². The summed E-state index contributed by atoms with van der Waals surface area (Å²) in [4.78, 5) is 34.8. The molecule has 2 heterocycles. The monoisotopic (exact) mass is 182 g/mol. The fraction of sp³-hybridized carbons (Fsp3) is 0.625. The van der Waals surface area contributed by atoms with Crippen molar-refractivity contribution >= 4 is 17.7 Å². The maximum Gasteiger partial charge on any atom is 0.232 e. The van der Waals surface area contributed by atoms with E-state index in [0.717, 1.165) is 0 Å². The molecule has 70 valence electrons. The third-order valence-electron chi connectivity index (χ3n) is 2.69. The highest BCUT2D eigenvalue weighted by atomic mass is 16.2. The van der Waals surface area contributed by atoms with E-state index in [1.807, 2.05) is 0 Å². The van der Waals surface area contributed by atoms with Crippen LogP contribution in [0.4, 0.5) is 0 Å². The van der Waals surface area contributed by atoms with Crippen LogP contribution in [0.1, 0.15) is 6.92 Å². The highest BCUT2D eigenvalue weighted by Gasteiger charge is 2.48. The summed E-state index contributed by atoms with van der Waals surface area (Å²) < 4.78 is 0. The van der Waals surface area contributed by atoms with Crippen LogP contribution in [-0.2, 0) is 14.4 Å². The molecule has 3 amide bonds. The Bertz CT molecular complexity index is 278. The summed E-state index contributed by atoms with van der Waals surface area (Å²) in [5, 5.41) is 2.26. The highest BCUT2D eigenvalue weighted by molar-refractivity contribution is 6.06. The van der Waals surface area contributed by atoms with Crippen molar-refractivity contribution < 1.29 is 14.4 Å². The zero-order valence-corrected chi connectivity index (χ0v) is 7.24. The summed E-state index contributed by atoms with van der Waals surface area (Å²) in [7, 11) is 0. The standard InChI is InChI=1S/C8H10N2O3/c1-4(11)10-2-5-6(3-10)8(13)9-7(5)12/h5-6H,2-3H2,1H3,(H,9,12,13)/t5-,6+. The maximum atomic E-state index is 11.2. The minimum Gasteiger partial charge on any atom is -0.341 e. The van der Waals surface area contributed by atoms with Crippen molar-refractivity contribution in [3.8, 4) is 0 Å². The summed E-state index contributed by atoms with van der Waals surface area (Å²) >= 11 is 0. The molecular formula is C8H10N2O3. The molecule has 0 spiro atoms. The van der Waals surface area contributed by atoms with E-state index >= 15 is 0 Å². The second-order valence-corrected chi connectivity index (χ2v) is 3.49. The lowest BCUT2D eigenvalue weighted by Crippen LogP contribution is -2.33. The second-order valence-electron chi connectivity index (χ2n) is 3.49. The molecule has 0 bridgehead atoms. The van der Waals surface area contributed by atoms with Crippen LogP contribution in [0.15, 0.2) is 0 Å². The zero-order valence-electron chi connectivity index (χ0n) is 7.24. The van der Waals surface area contributed by atoms with Gasteiger partial charge in [0, 0.05) is 20.0 Å². The minimum absolute atomic E-state index is 0.0741. The average molecular weight is 182 g/mol. The molecule has 1 N–H and O–H groups in total. The van der Waals surface area contributed by atoms with E-state index < -0.39 is 0 Å². The molecule has 0 radical (unpaired) electrons. The summed E-state index contributed by atoms with van der Waals surface area (Å²) in [6, 6.07) is 0. The molecule has 2 atom stereocenters. The summed E-state index contributed by atoms with van der Waals surface area (Å²) in [5.74, 6) is -1.17. The molecule has 2 aliphatic rings. The topological polar surface area (TPSA) is 66.5 Å². The lowest BCUT2D eigenvalue weighted by Gasteiger charge is -2.13. The zero-order chi connectivity index (χ0) is 9.59. The lowest BCUT2D eigenvalue weighted by atomic mass is 10.00. The van der Waals surface area contributed by atoms with Crippen LogP contribution >= 0.6 is 0 Å². The Labute approximate surface area is 75.1 Å². The number of hydrogen-bond acceptors (Lipinski definition) is 3. The third kappa shape index (κ3) is 1.11. The third-order valence-corrected chi connectivity index (χ3v) is 2.69. The van der Waals surface area contributed by atoms with E-state index in [1.165, 1.54) is 6.92 Å². The van der Waals surface area contributed by atoms with Crippen LogP contribution < -0.4 is 5.32 Å². The van der Waals surface area contributed by atoms with Crippen molar-refractivity contribution in [3.63, 3.8) is 0 Å².